The quantitative estimate of drug-likeness (QED) is 0.0744. The van der Waals surface area contributed by atoms with Gasteiger partial charge in [0.1, 0.15) is 5.75 Å². The van der Waals surface area contributed by atoms with E-state index >= 15 is 0 Å². The number of aromatic hydroxyl groups is 5. The minimum atomic E-state index is -4.36. The van der Waals surface area contributed by atoms with Gasteiger partial charge in [-0.2, -0.15) is 0 Å². The summed E-state index contributed by atoms with van der Waals surface area (Å²) in [6.07, 6.45) is 0. The summed E-state index contributed by atoms with van der Waals surface area (Å²) >= 11 is 0. The highest BCUT2D eigenvalue weighted by molar-refractivity contribution is 7.78. The van der Waals surface area contributed by atoms with Crippen molar-refractivity contribution in [1.82, 2.24) is 9.21 Å². The van der Waals surface area contributed by atoms with E-state index in [1.165, 1.54) is 65.3 Å². The van der Waals surface area contributed by atoms with Gasteiger partial charge in [0.2, 0.25) is 0 Å². The minimum Gasteiger partial charge on any atom is -0.504 e. The van der Waals surface area contributed by atoms with Crippen LogP contribution in [0.1, 0.15) is 0 Å². The molecule has 2 unspecified atom stereocenters. The molecule has 6 aromatic carbocycles. The third-order valence-electron chi connectivity index (χ3n) is 7.08. The molecule has 0 radical (unpaired) electrons. The largest absolute Gasteiger partial charge is 0.504 e. The van der Waals surface area contributed by atoms with E-state index in [9.17, 15) is 25.5 Å². The van der Waals surface area contributed by atoms with Gasteiger partial charge in [-0.15, -0.1) is 4.52 Å². The summed E-state index contributed by atoms with van der Waals surface area (Å²) in [7, 11) is -9.65. The Bertz CT molecular complexity index is 2200. The first kappa shape index (κ1) is 35.5. The van der Waals surface area contributed by atoms with Crippen molar-refractivity contribution in [2.75, 3.05) is 0 Å². The van der Waals surface area contributed by atoms with Crippen LogP contribution in [0.15, 0.2) is 156 Å². The molecule has 6 aromatic rings. The maximum absolute atomic E-state index is 11.0. The number of hydrogen-bond acceptors (Lipinski definition) is 14. The molecule has 14 nitrogen and oxygen atoms in total. The van der Waals surface area contributed by atoms with Crippen LogP contribution >= 0.6 is 24.6 Å². The van der Waals surface area contributed by atoms with E-state index in [4.69, 9.17) is 32.3 Å². The fourth-order valence-electron chi connectivity index (χ4n) is 4.56. The lowest BCUT2D eigenvalue weighted by molar-refractivity contribution is 0.0525. The minimum absolute atomic E-state index is 0.0219. The van der Waals surface area contributed by atoms with Crippen LogP contribution < -0.4 is 27.8 Å². The van der Waals surface area contributed by atoms with Crippen LogP contribution in [0.3, 0.4) is 0 Å². The van der Waals surface area contributed by atoms with Gasteiger partial charge in [-0.05, 0) is 72.8 Å². The molecule has 17 heteroatoms. The third-order valence-corrected chi connectivity index (χ3v) is 13.9. The van der Waals surface area contributed by atoms with Gasteiger partial charge in [0.05, 0.1) is 0 Å². The number of para-hydroxylation sites is 11. The van der Waals surface area contributed by atoms with Gasteiger partial charge in [-0.1, -0.05) is 78.9 Å². The van der Waals surface area contributed by atoms with Crippen LogP contribution in [0.2, 0.25) is 0 Å². The van der Waals surface area contributed by atoms with Crippen LogP contribution in [0.4, 0.5) is 0 Å². The highest BCUT2D eigenvalue weighted by Gasteiger charge is 2.58. The number of hydrogen-bond donors (Lipinski definition) is 5. The highest BCUT2D eigenvalue weighted by Crippen LogP contribution is 2.78. The molecule has 1 aliphatic rings. The fraction of sp³-hybridized carbons (Fsp3) is 0. The van der Waals surface area contributed by atoms with Gasteiger partial charge in [0.25, 0.3) is 0 Å². The molecule has 0 aromatic heterocycles. The van der Waals surface area contributed by atoms with E-state index in [-0.39, 0.29) is 63.2 Å². The van der Waals surface area contributed by atoms with E-state index < -0.39 is 24.6 Å². The maximum Gasteiger partial charge on any atom is 0.447 e. The number of phenols is 5. The van der Waals surface area contributed by atoms with Crippen molar-refractivity contribution in [3.63, 3.8) is 0 Å². The second kappa shape index (κ2) is 15.8. The van der Waals surface area contributed by atoms with Crippen molar-refractivity contribution in [1.29, 1.82) is 0 Å². The molecule has 0 aliphatic carbocycles. The first-order valence-electron chi connectivity index (χ1n) is 15.7. The van der Waals surface area contributed by atoms with Crippen molar-refractivity contribution in [2.24, 2.45) is 4.52 Å². The normalized spacial score (nSPS) is 16.8. The van der Waals surface area contributed by atoms with Crippen molar-refractivity contribution in [3.8, 4) is 63.2 Å². The Hall–Kier alpha value is -5.87. The lowest BCUT2D eigenvalue weighted by Crippen LogP contribution is -2.37. The van der Waals surface area contributed by atoms with Gasteiger partial charge in [0.15, 0.2) is 57.5 Å². The standard InChI is InChI=1S/C36H30N3O11P3/c40-27-16-4-9-21-32(27)46-38-51(47-33-22-10-5-17-28(33)41)37-53(49-35-24-12-7-19-30(35)43,50-36-25-13-8-20-31(36)44)39(45-26-14-2-1-3-15-26)52(38)48-34-23-11-6-18-29(34)42/h1-25,40-44H. The molecular weight excluding hydrogens is 743 g/mol. The van der Waals surface area contributed by atoms with Crippen molar-refractivity contribution in [2.45, 2.75) is 0 Å². The lowest BCUT2D eigenvalue weighted by Gasteiger charge is -2.43. The summed E-state index contributed by atoms with van der Waals surface area (Å²) in [5.74, 6) is -1.35. The van der Waals surface area contributed by atoms with Crippen molar-refractivity contribution in [3.05, 3.63) is 152 Å². The van der Waals surface area contributed by atoms with Gasteiger partial charge in [-0.3, -0.25) is 0 Å². The van der Waals surface area contributed by atoms with Crippen LogP contribution in [0, 0.1) is 0 Å². The first-order valence-corrected chi connectivity index (χ1v) is 19.5. The van der Waals surface area contributed by atoms with Crippen molar-refractivity contribution < 1.29 is 53.3 Å². The van der Waals surface area contributed by atoms with E-state index in [0.29, 0.717) is 0 Å². The molecular formula is C36H30N3O11P3. The number of nitrogens with zero attached hydrogens (tertiary/aromatic N) is 3. The Morgan fingerprint density at radius 1 is 0.434 bits per heavy atom. The van der Waals surface area contributed by atoms with Gasteiger partial charge in [-0.25, -0.2) is 0 Å². The SMILES string of the molecule is Oc1ccccc1ON1P(Oc2ccccc2O)N=P(Oc2ccccc2O)(Oc2ccccc2O)N(Oc2ccccc2)P1Oc1ccccc1O. The Balaban J connectivity index is 1.53. The summed E-state index contributed by atoms with van der Waals surface area (Å²) in [5.41, 5.74) is 0. The summed E-state index contributed by atoms with van der Waals surface area (Å²) < 4.78 is 33.5. The highest BCUT2D eigenvalue weighted by atomic mass is 31.3. The Labute approximate surface area is 305 Å². The average Bonchev–Trinajstić information content (AvgIpc) is 3.16. The second-order valence-corrected chi connectivity index (χ2v) is 16.3. The predicted octanol–water partition coefficient (Wildman–Crippen LogP) is 9.84. The van der Waals surface area contributed by atoms with Crippen LogP contribution in [-0.4, -0.2) is 34.7 Å². The van der Waals surface area contributed by atoms with Crippen LogP contribution in [0.5, 0.6) is 63.2 Å². The molecule has 53 heavy (non-hydrogen) atoms. The molecule has 0 saturated heterocycles. The van der Waals surface area contributed by atoms with E-state index in [1.807, 2.05) is 0 Å². The zero-order valence-electron chi connectivity index (χ0n) is 27.3. The topological polar surface area (TPSA) is 175 Å². The van der Waals surface area contributed by atoms with Gasteiger partial charge >= 0.3 is 24.6 Å². The summed E-state index contributed by atoms with van der Waals surface area (Å²) in [5, 5.41) is 54.7. The molecule has 270 valence electrons. The molecule has 0 amide bonds. The first-order chi connectivity index (χ1) is 25.8. The predicted molar refractivity (Wildman–Crippen MR) is 198 cm³/mol. The third kappa shape index (κ3) is 7.98. The summed E-state index contributed by atoms with van der Waals surface area (Å²) in [6, 6.07) is 39.1. The van der Waals surface area contributed by atoms with Gasteiger partial charge in [0, 0.05) is 9.21 Å². The Morgan fingerprint density at radius 2 is 0.830 bits per heavy atom. The van der Waals surface area contributed by atoms with Crippen molar-refractivity contribution >= 4 is 24.6 Å². The summed E-state index contributed by atoms with van der Waals surface area (Å²) in [6.45, 7) is 0. The monoisotopic (exact) mass is 773 g/mol. The molecule has 1 heterocycles. The smallest absolute Gasteiger partial charge is 0.447 e. The molecule has 0 saturated carbocycles. The zero-order chi connectivity index (χ0) is 36.8. The summed E-state index contributed by atoms with van der Waals surface area (Å²) in [4.78, 5) is 12.9. The molecule has 1 aliphatic heterocycles. The molecule has 5 N–H and O–H groups in total. The van der Waals surface area contributed by atoms with E-state index in [1.54, 1.807) is 91.0 Å². The average molecular weight is 774 g/mol. The number of phenolic OH excluding ortho intramolecular Hbond substituents is 5. The second-order valence-electron chi connectivity index (χ2n) is 10.8. The fourth-order valence-corrected chi connectivity index (χ4v) is 12.1. The Kier molecular flexibility index (Phi) is 10.6. The zero-order valence-corrected chi connectivity index (χ0v) is 30.0. The molecule has 7 rings (SSSR count). The Morgan fingerprint density at radius 3 is 1.30 bits per heavy atom. The van der Waals surface area contributed by atoms with E-state index in [0.717, 1.165) is 4.60 Å². The lowest BCUT2D eigenvalue weighted by atomic mass is 10.3. The molecule has 0 fully saturated rings. The van der Waals surface area contributed by atoms with Crippen LogP contribution in [0.25, 0.3) is 0 Å². The number of benzene rings is 6. The number of rotatable bonds is 12. The maximum atomic E-state index is 11.0. The van der Waals surface area contributed by atoms with Crippen LogP contribution in [-0.2, 0) is 0 Å². The molecule has 0 spiro atoms. The molecule has 0 bridgehead atoms. The molecule has 2 atom stereocenters. The van der Waals surface area contributed by atoms with Gasteiger partial charge < -0.3 is 53.3 Å². The van der Waals surface area contributed by atoms with E-state index in [2.05, 4.69) is 0 Å².